The highest BCUT2D eigenvalue weighted by Crippen LogP contribution is 2.49. The van der Waals surface area contributed by atoms with Crippen molar-refractivity contribution in [3.63, 3.8) is 0 Å². The summed E-state index contributed by atoms with van der Waals surface area (Å²) in [6.45, 7) is 1.71. The van der Waals surface area contributed by atoms with E-state index in [0.29, 0.717) is 35.5 Å². The van der Waals surface area contributed by atoms with E-state index in [4.69, 9.17) is 0 Å². The quantitative estimate of drug-likeness (QED) is 0.514. The van der Waals surface area contributed by atoms with Crippen molar-refractivity contribution in [2.45, 2.75) is 89.9 Å². The topological polar surface area (TPSA) is 58.2 Å². The molecule has 2 amide bonds. The molecule has 0 radical (unpaired) electrons. The molecule has 4 heteroatoms. The Morgan fingerprint density at radius 1 is 0.571 bits per heavy atom. The Morgan fingerprint density at radius 2 is 1.00 bits per heavy atom. The Hall–Kier alpha value is -1.06. The van der Waals surface area contributed by atoms with Crippen LogP contribution in [-0.2, 0) is 9.59 Å². The van der Waals surface area contributed by atoms with Gasteiger partial charge in [-0.05, 0) is 75.0 Å². The standard InChI is InChI=1S/C24H40N2O2/c27-23(21-15-17-7-9-19(21)13-17)25-11-5-3-1-2-4-6-12-26-24(28)22-16-18-8-10-20(22)14-18/h17-22H,1-16H2,(H,25,27)(H,26,28)/t17-,18-,19-,20-,21+,22+/m0/s1. The molecule has 2 N–H and O–H groups in total. The van der Waals surface area contributed by atoms with Crippen LogP contribution >= 0.6 is 0 Å². The maximum Gasteiger partial charge on any atom is 0.223 e. The van der Waals surface area contributed by atoms with Crippen LogP contribution in [0.4, 0.5) is 0 Å². The van der Waals surface area contributed by atoms with Crippen LogP contribution in [0.15, 0.2) is 0 Å². The number of rotatable bonds is 11. The van der Waals surface area contributed by atoms with Gasteiger partial charge in [0.25, 0.3) is 0 Å². The highest BCUT2D eigenvalue weighted by Gasteiger charge is 2.43. The second-order valence-electron chi connectivity index (χ2n) is 10.3. The highest BCUT2D eigenvalue weighted by molar-refractivity contribution is 5.79. The molecule has 4 rings (SSSR count). The zero-order chi connectivity index (χ0) is 19.3. The van der Waals surface area contributed by atoms with Gasteiger partial charge in [0.2, 0.25) is 11.8 Å². The third-order valence-corrected chi connectivity index (χ3v) is 8.35. The summed E-state index contributed by atoms with van der Waals surface area (Å²) in [4.78, 5) is 24.6. The lowest BCUT2D eigenvalue weighted by Crippen LogP contribution is -2.34. The lowest BCUT2D eigenvalue weighted by Gasteiger charge is -2.20. The lowest BCUT2D eigenvalue weighted by atomic mass is 9.88. The van der Waals surface area contributed by atoms with Crippen molar-refractivity contribution >= 4 is 11.8 Å². The molecule has 4 aliphatic rings. The van der Waals surface area contributed by atoms with Gasteiger partial charge in [-0.1, -0.05) is 38.5 Å². The average Bonchev–Trinajstić information content (AvgIpc) is 3.49. The number of carbonyl (C=O) groups is 2. The smallest absolute Gasteiger partial charge is 0.223 e. The Balaban J connectivity index is 0.946. The lowest BCUT2D eigenvalue weighted by molar-refractivity contribution is -0.127. The van der Waals surface area contributed by atoms with Crippen molar-refractivity contribution in [2.75, 3.05) is 13.1 Å². The molecule has 0 aromatic heterocycles. The minimum Gasteiger partial charge on any atom is -0.356 e. The monoisotopic (exact) mass is 388 g/mol. The summed E-state index contributed by atoms with van der Waals surface area (Å²) in [5.74, 6) is 4.39. The molecule has 28 heavy (non-hydrogen) atoms. The summed E-state index contributed by atoms with van der Waals surface area (Å²) in [7, 11) is 0. The van der Waals surface area contributed by atoms with E-state index in [9.17, 15) is 9.59 Å². The molecule has 4 saturated carbocycles. The van der Waals surface area contributed by atoms with E-state index >= 15 is 0 Å². The molecule has 0 aromatic carbocycles. The number of unbranched alkanes of at least 4 members (excludes halogenated alkanes) is 5. The van der Waals surface area contributed by atoms with Crippen molar-refractivity contribution in [1.82, 2.24) is 10.6 Å². The van der Waals surface area contributed by atoms with E-state index in [-0.39, 0.29) is 0 Å². The van der Waals surface area contributed by atoms with E-state index in [2.05, 4.69) is 10.6 Å². The fourth-order valence-corrected chi connectivity index (χ4v) is 6.77. The molecule has 158 valence electrons. The van der Waals surface area contributed by atoms with Crippen LogP contribution in [-0.4, -0.2) is 24.9 Å². The number of hydrogen-bond acceptors (Lipinski definition) is 2. The van der Waals surface area contributed by atoms with Gasteiger partial charge in [0.1, 0.15) is 0 Å². The van der Waals surface area contributed by atoms with Crippen LogP contribution in [0.3, 0.4) is 0 Å². The predicted molar refractivity (Wildman–Crippen MR) is 112 cm³/mol. The largest absolute Gasteiger partial charge is 0.356 e. The highest BCUT2D eigenvalue weighted by atomic mass is 16.2. The van der Waals surface area contributed by atoms with Gasteiger partial charge in [-0.25, -0.2) is 0 Å². The van der Waals surface area contributed by atoms with Gasteiger partial charge >= 0.3 is 0 Å². The summed E-state index contributed by atoms with van der Waals surface area (Å²) in [5.41, 5.74) is 0. The SMILES string of the molecule is O=C(NCCCCCCCCNC(=O)[C@@H]1C[C@H]2CC[C@H]1C2)[C@@H]1C[C@H]2CC[C@H]1C2. The molecular formula is C24H40N2O2. The van der Waals surface area contributed by atoms with Crippen LogP contribution in [0.2, 0.25) is 0 Å². The number of carbonyl (C=O) groups excluding carboxylic acids is 2. The molecule has 0 saturated heterocycles. The van der Waals surface area contributed by atoms with Crippen molar-refractivity contribution < 1.29 is 9.59 Å². The first-order chi connectivity index (χ1) is 13.7. The van der Waals surface area contributed by atoms with E-state index in [1.807, 2.05) is 0 Å². The van der Waals surface area contributed by atoms with E-state index in [0.717, 1.165) is 50.6 Å². The van der Waals surface area contributed by atoms with E-state index < -0.39 is 0 Å². The summed E-state index contributed by atoms with van der Waals surface area (Å²) < 4.78 is 0. The van der Waals surface area contributed by atoms with Crippen LogP contribution in [0, 0.1) is 35.5 Å². The minimum atomic E-state index is 0.327. The Kier molecular flexibility index (Phi) is 6.95. The fourth-order valence-electron chi connectivity index (χ4n) is 6.77. The molecule has 0 spiro atoms. The number of fused-ring (bicyclic) bond motifs is 4. The molecule has 0 aliphatic heterocycles. The first-order valence-electron chi connectivity index (χ1n) is 12.3. The zero-order valence-corrected chi connectivity index (χ0v) is 17.6. The molecule has 0 unspecified atom stereocenters. The van der Waals surface area contributed by atoms with Gasteiger partial charge in [-0.3, -0.25) is 9.59 Å². The molecule has 4 fully saturated rings. The normalized spacial score (nSPS) is 35.4. The molecule has 4 bridgehead atoms. The fraction of sp³-hybridized carbons (Fsp3) is 0.917. The number of nitrogens with one attached hydrogen (secondary N) is 2. The van der Waals surface area contributed by atoms with Gasteiger partial charge in [0.05, 0.1) is 0 Å². The van der Waals surface area contributed by atoms with E-state index in [1.54, 1.807) is 0 Å². The van der Waals surface area contributed by atoms with Gasteiger partial charge in [-0.15, -0.1) is 0 Å². The van der Waals surface area contributed by atoms with Gasteiger partial charge in [0.15, 0.2) is 0 Å². The van der Waals surface area contributed by atoms with Crippen LogP contribution in [0.5, 0.6) is 0 Å². The maximum absolute atomic E-state index is 12.3. The van der Waals surface area contributed by atoms with Crippen molar-refractivity contribution in [3.05, 3.63) is 0 Å². The third kappa shape index (κ3) is 4.91. The van der Waals surface area contributed by atoms with Crippen LogP contribution in [0.25, 0.3) is 0 Å². The summed E-state index contributed by atoms with van der Waals surface area (Å²) in [6, 6.07) is 0. The zero-order valence-electron chi connectivity index (χ0n) is 17.6. The first kappa shape index (κ1) is 20.2. The third-order valence-electron chi connectivity index (χ3n) is 8.35. The molecule has 6 atom stereocenters. The second kappa shape index (κ2) is 9.63. The number of amides is 2. The molecule has 4 aliphatic carbocycles. The first-order valence-corrected chi connectivity index (χ1v) is 12.3. The van der Waals surface area contributed by atoms with Crippen LogP contribution in [0.1, 0.15) is 89.9 Å². The predicted octanol–water partition coefficient (Wildman–Crippen LogP) is 4.43. The Bertz CT molecular complexity index is 501. The molecule has 4 nitrogen and oxygen atoms in total. The minimum absolute atomic E-state index is 0.327. The summed E-state index contributed by atoms with van der Waals surface area (Å²) >= 11 is 0. The maximum atomic E-state index is 12.3. The number of hydrogen-bond donors (Lipinski definition) is 2. The second-order valence-corrected chi connectivity index (χ2v) is 10.3. The van der Waals surface area contributed by atoms with Gasteiger partial charge in [0, 0.05) is 24.9 Å². The Morgan fingerprint density at radius 3 is 1.36 bits per heavy atom. The van der Waals surface area contributed by atoms with Crippen molar-refractivity contribution in [2.24, 2.45) is 35.5 Å². The van der Waals surface area contributed by atoms with Crippen LogP contribution < -0.4 is 10.6 Å². The summed E-state index contributed by atoms with van der Waals surface area (Å²) in [5, 5.41) is 6.37. The summed E-state index contributed by atoms with van der Waals surface area (Å²) in [6.07, 6.45) is 17.3. The van der Waals surface area contributed by atoms with E-state index in [1.165, 1.54) is 64.2 Å². The Labute approximate surface area is 171 Å². The molecular weight excluding hydrogens is 348 g/mol. The van der Waals surface area contributed by atoms with Gasteiger partial charge < -0.3 is 10.6 Å². The molecule has 0 aromatic rings. The average molecular weight is 389 g/mol. The molecule has 0 heterocycles. The van der Waals surface area contributed by atoms with Gasteiger partial charge in [-0.2, -0.15) is 0 Å². The van der Waals surface area contributed by atoms with Crippen molar-refractivity contribution in [3.8, 4) is 0 Å². The van der Waals surface area contributed by atoms with Crippen molar-refractivity contribution in [1.29, 1.82) is 0 Å².